The molecule has 0 aromatic carbocycles. The molecular formula is C18H27N3O3. The number of hydrogen-bond donors (Lipinski definition) is 1. The van der Waals surface area contributed by atoms with Crippen LogP contribution in [0.3, 0.4) is 0 Å². The van der Waals surface area contributed by atoms with Crippen molar-refractivity contribution in [3.8, 4) is 0 Å². The predicted octanol–water partition coefficient (Wildman–Crippen LogP) is 1.62. The molecule has 2 aliphatic heterocycles. The standard InChI is InChI=1S/C18H27N3O3/c22-17-12-15(13-21(17)14-16-6-4-11-24-16)18(23)19-7-5-10-20-8-2-1-3-9-20/h4,6,11,15H,1-3,5,7-10,12-14H2,(H,19,23). The number of carbonyl (C=O) groups excluding carboxylic acids is 2. The van der Waals surface area contributed by atoms with E-state index in [-0.39, 0.29) is 17.7 Å². The van der Waals surface area contributed by atoms with Gasteiger partial charge in [-0.05, 0) is 51.0 Å². The van der Waals surface area contributed by atoms with Crippen LogP contribution in [0.5, 0.6) is 0 Å². The van der Waals surface area contributed by atoms with Gasteiger partial charge in [-0.3, -0.25) is 9.59 Å². The van der Waals surface area contributed by atoms with Gasteiger partial charge in [-0.1, -0.05) is 6.42 Å². The van der Waals surface area contributed by atoms with Crippen molar-refractivity contribution in [2.75, 3.05) is 32.7 Å². The SMILES string of the molecule is O=C(NCCCN1CCCCC1)C1CC(=O)N(Cc2ccco2)C1. The Bertz CT molecular complexity index is 538. The highest BCUT2D eigenvalue weighted by atomic mass is 16.3. The van der Waals surface area contributed by atoms with E-state index >= 15 is 0 Å². The highest BCUT2D eigenvalue weighted by Crippen LogP contribution is 2.20. The van der Waals surface area contributed by atoms with Crippen LogP contribution in [0.2, 0.25) is 0 Å². The van der Waals surface area contributed by atoms with Crippen molar-refractivity contribution in [1.82, 2.24) is 15.1 Å². The van der Waals surface area contributed by atoms with Crippen molar-refractivity contribution in [1.29, 1.82) is 0 Å². The predicted molar refractivity (Wildman–Crippen MR) is 90.1 cm³/mol. The maximum Gasteiger partial charge on any atom is 0.225 e. The number of hydrogen-bond acceptors (Lipinski definition) is 4. The van der Waals surface area contributed by atoms with Gasteiger partial charge in [0, 0.05) is 19.5 Å². The van der Waals surface area contributed by atoms with Crippen molar-refractivity contribution < 1.29 is 14.0 Å². The Morgan fingerprint density at radius 3 is 2.88 bits per heavy atom. The number of nitrogens with one attached hydrogen (secondary N) is 1. The van der Waals surface area contributed by atoms with E-state index in [9.17, 15) is 9.59 Å². The third-order valence-electron chi connectivity index (χ3n) is 4.91. The van der Waals surface area contributed by atoms with Gasteiger partial charge in [0.15, 0.2) is 0 Å². The van der Waals surface area contributed by atoms with Gasteiger partial charge in [0.25, 0.3) is 0 Å². The van der Waals surface area contributed by atoms with Crippen LogP contribution in [0.15, 0.2) is 22.8 Å². The first kappa shape index (κ1) is 17.0. The molecule has 2 aliphatic rings. The molecule has 0 radical (unpaired) electrons. The zero-order valence-electron chi connectivity index (χ0n) is 14.2. The number of rotatable bonds is 7. The summed E-state index contributed by atoms with van der Waals surface area (Å²) in [7, 11) is 0. The average molecular weight is 333 g/mol. The molecule has 0 spiro atoms. The lowest BCUT2D eigenvalue weighted by Crippen LogP contribution is -2.36. The summed E-state index contributed by atoms with van der Waals surface area (Å²) in [4.78, 5) is 28.5. The molecular weight excluding hydrogens is 306 g/mol. The molecule has 2 fully saturated rings. The lowest BCUT2D eigenvalue weighted by atomic mass is 10.1. The van der Waals surface area contributed by atoms with E-state index in [1.165, 1.54) is 32.4 Å². The summed E-state index contributed by atoms with van der Waals surface area (Å²) < 4.78 is 5.28. The first-order valence-corrected chi connectivity index (χ1v) is 9.02. The van der Waals surface area contributed by atoms with Crippen LogP contribution >= 0.6 is 0 Å². The second-order valence-electron chi connectivity index (χ2n) is 6.80. The van der Waals surface area contributed by atoms with Crippen molar-refractivity contribution in [2.45, 2.75) is 38.6 Å². The van der Waals surface area contributed by atoms with Crippen LogP contribution in [0.4, 0.5) is 0 Å². The van der Waals surface area contributed by atoms with E-state index in [0.29, 0.717) is 26.1 Å². The minimum Gasteiger partial charge on any atom is -0.467 e. The lowest BCUT2D eigenvalue weighted by Gasteiger charge is -2.26. The summed E-state index contributed by atoms with van der Waals surface area (Å²) in [6.45, 7) is 5.05. The fourth-order valence-electron chi connectivity index (χ4n) is 3.53. The first-order valence-electron chi connectivity index (χ1n) is 9.02. The molecule has 1 atom stereocenters. The molecule has 0 aliphatic carbocycles. The molecule has 1 N–H and O–H groups in total. The van der Waals surface area contributed by atoms with Gasteiger partial charge in [0.1, 0.15) is 5.76 Å². The van der Waals surface area contributed by atoms with Crippen molar-refractivity contribution in [2.24, 2.45) is 5.92 Å². The Morgan fingerprint density at radius 1 is 1.29 bits per heavy atom. The topological polar surface area (TPSA) is 65.8 Å². The Hall–Kier alpha value is -1.82. The number of amides is 2. The van der Waals surface area contributed by atoms with Crippen LogP contribution in [-0.4, -0.2) is 54.3 Å². The van der Waals surface area contributed by atoms with Crippen molar-refractivity contribution in [3.05, 3.63) is 24.2 Å². The molecule has 3 rings (SSSR count). The number of carbonyl (C=O) groups is 2. The fraction of sp³-hybridized carbons (Fsp3) is 0.667. The van der Waals surface area contributed by atoms with Crippen LogP contribution in [0, 0.1) is 5.92 Å². The maximum atomic E-state index is 12.3. The maximum absolute atomic E-state index is 12.3. The molecule has 0 bridgehead atoms. The number of furan rings is 1. The van der Waals surface area contributed by atoms with E-state index in [2.05, 4.69) is 10.2 Å². The summed E-state index contributed by atoms with van der Waals surface area (Å²) in [6, 6.07) is 3.66. The normalized spacial score (nSPS) is 22.1. The second-order valence-corrected chi connectivity index (χ2v) is 6.80. The van der Waals surface area contributed by atoms with Gasteiger partial charge in [-0.2, -0.15) is 0 Å². The van der Waals surface area contributed by atoms with Gasteiger partial charge in [-0.25, -0.2) is 0 Å². The van der Waals surface area contributed by atoms with Crippen LogP contribution in [0.25, 0.3) is 0 Å². The molecule has 1 aromatic heterocycles. The van der Waals surface area contributed by atoms with Crippen molar-refractivity contribution >= 4 is 11.8 Å². The van der Waals surface area contributed by atoms with Crippen LogP contribution in [0.1, 0.15) is 37.9 Å². The molecule has 6 heteroatoms. The Morgan fingerprint density at radius 2 is 2.12 bits per heavy atom. The molecule has 1 unspecified atom stereocenters. The quantitative estimate of drug-likeness (QED) is 0.770. The Labute approximate surface area is 143 Å². The molecule has 24 heavy (non-hydrogen) atoms. The van der Waals surface area contributed by atoms with E-state index in [1.54, 1.807) is 11.2 Å². The average Bonchev–Trinajstić information content (AvgIpc) is 3.23. The lowest BCUT2D eigenvalue weighted by molar-refractivity contribution is -0.129. The molecule has 2 saturated heterocycles. The number of likely N-dealkylation sites (tertiary alicyclic amines) is 2. The second kappa shape index (κ2) is 8.33. The van der Waals surface area contributed by atoms with Gasteiger partial charge >= 0.3 is 0 Å². The summed E-state index contributed by atoms with van der Waals surface area (Å²) >= 11 is 0. The van der Waals surface area contributed by atoms with Crippen LogP contribution in [-0.2, 0) is 16.1 Å². The van der Waals surface area contributed by atoms with E-state index in [0.717, 1.165) is 18.7 Å². The van der Waals surface area contributed by atoms with Gasteiger partial charge in [0.2, 0.25) is 11.8 Å². The Balaban J connectivity index is 1.35. The first-order chi connectivity index (χ1) is 11.7. The fourth-order valence-corrected chi connectivity index (χ4v) is 3.53. The van der Waals surface area contributed by atoms with E-state index in [4.69, 9.17) is 4.42 Å². The molecule has 3 heterocycles. The van der Waals surface area contributed by atoms with Gasteiger partial charge < -0.3 is 19.5 Å². The summed E-state index contributed by atoms with van der Waals surface area (Å²) in [5.74, 6) is 0.553. The molecule has 0 saturated carbocycles. The van der Waals surface area contributed by atoms with Gasteiger partial charge in [0.05, 0.1) is 18.7 Å². The smallest absolute Gasteiger partial charge is 0.225 e. The third-order valence-corrected chi connectivity index (χ3v) is 4.91. The minimum atomic E-state index is -0.234. The zero-order valence-corrected chi connectivity index (χ0v) is 14.2. The van der Waals surface area contributed by atoms with Crippen LogP contribution < -0.4 is 5.32 Å². The largest absolute Gasteiger partial charge is 0.467 e. The molecule has 132 valence electrons. The minimum absolute atomic E-state index is 0.00365. The van der Waals surface area contributed by atoms with Crippen molar-refractivity contribution in [3.63, 3.8) is 0 Å². The summed E-state index contributed by atoms with van der Waals surface area (Å²) in [5, 5.41) is 3.00. The molecule has 2 amide bonds. The molecule has 6 nitrogen and oxygen atoms in total. The summed E-state index contributed by atoms with van der Waals surface area (Å²) in [5.41, 5.74) is 0. The van der Waals surface area contributed by atoms with E-state index < -0.39 is 0 Å². The zero-order chi connectivity index (χ0) is 16.8. The van der Waals surface area contributed by atoms with E-state index in [1.807, 2.05) is 12.1 Å². The monoisotopic (exact) mass is 333 g/mol. The molecule has 1 aromatic rings. The Kier molecular flexibility index (Phi) is 5.91. The number of piperidine rings is 1. The summed E-state index contributed by atoms with van der Waals surface area (Å²) in [6.07, 6.45) is 6.81. The highest BCUT2D eigenvalue weighted by Gasteiger charge is 2.34. The van der Waals surface area contributed by atoms with Gasteiger partial charge in [-0.15, -0.1) is 0 Å². The highest BCUT2D eigenvalue weighted by molar-refractivity contribution is 5.89. The number of nitrogens with zero attached hydrogens (tertiary/aromatic N) is 2. The third kappa shape index (κ3) is 4.60.